The third kappa shape index (κ3) is 4.33. The lowest BCUT2D eigenvalue weighted by Crippen LogP contribution is -2.04. The highest BCUT2D eigenvalue weighted by molar-refractivity contribution is 5.79. The van der Waals surface area contributed by atoms with Crippen LogP contribution in [-0.4, -0.2) is 14.2 Å². The number of nitrogens with zero attached hydrogens (tertiary/aromatic N) is 1. The van der Waals surface area contributed by atoms with Crippen molar-refractivity contribution in [3.8, 4) is 22.8 Å². The van der Waals surface area contributed by atoms with Crippen molar-refractivity contribution in [1.29, 1.82) is 0 Å². The van der Waals surface area contributed by atoms with E-state index < -0.39 is 0 Å². The Morgan fingerprint density at radius 2 is 1.61 bits per heavy atom. The Hall–Kier alpha value is -3.53. The van der Waals surface area contributed by atoms with Crippen LogP contribution in [0.2, 0.25) is 0 Å². The van der Waals surface area contributed by atoms with E-state index in [1.165, 1.54) is 5.56 Å². The van der Waals surface area contributed by atoms with Gasteiger partial charge in [-0.2, -0.15) is 0 Å². The largest absolute Gasteiger partial charge is 0.497 e. The van der Waals surface area contributed by atoms with Gasteiger partial charge in [-0.25, -0.2) is 4.99 Å². The zero-order valence-electron chi connectivity index (χ0n) is 18.6. The Kier molecular flexibility index (Phi) is 5.81. The molecule has 0 amide bonds. The summed E-state index contributed by atoms with van der Waals surface area (Å²) in [6.07, 6.45) is 0. The maximum absolute atomic E-state index is 6.26. The molecule has 0 radical (unpaired) electrons. The topological polar surface area (TPSA) is 44.0 Å². The van der Waals surface area contributed by atoms with Crippen LogP contribution in [0.5, 0.6) is 11.5 Å². The summed E-state index contributed by atoms with van der Waals surface area (Å²) in [5.74, 6) is 2.64. The summed E-state index contributed by atoms with van der Waals surface area (Å²) in [5.41, 5.74) is 4.99. The molecular formula is C27H27NO3. The Labute approximate surface area is 182 Å². The van der Waals surface area contributed by atoms with Gasteiger partial charge in [-0.3, -0.25) is 0 Å². The van der Waals surface area contributed by atoms with Crippen molar-refractivity contribution >= 4 is 16.7 Å². The third-order valence-electron chi connectivity index (χ3n) is 5.39. The minimum Gasteiger partial charge on any atom is -0.497 e. The summed E-state index contributed by atoms with van der Waals surface area (Å²) in [5, 5.41) is 1.79. The molecule has 4 aromatic rings. The van der Waals surface area contributed by atoms with Crippen molar-refractivity contribution in [2.45, 2.75) is 26.7 Å². The van der Waals surface area contributed by atoms with Crippen molar-refractivity contribution in [1.82, 2.24) is 0 Å². The van der Waals surface area contributed by atoms with Gasteiger partial charge in [0, 0.05) is 23.1 Å². The maximum atomic E-state index is 6.26. The smallest absolute Gasteiger partial charge is 0.148 e. The van der Waals surface area contributed by atoms with Gasteiger partial charge in [0.15, 0.2) is 0 Å². The average molecular weight is 414 g/mol. The second-order valence-corrected chi connectivity index (χ2v) is 7.92. The van der Waals surface area contributed by atoms with E-state index in [2.05, 4.69) is 57.2 Å². The lowest BCUT2D eigenvalue weighted by Gasteiger charge is -2.09. The van der Waals surface area contributed by atoms with Crippen molar-refractivity contribution < 1.29 is 13.9 Å². The SMILES string of the molecule is COc1ccc(N=c2cc(-c3ccc(C(C)C)cc3)oc3ccc(C)cc23)c(OC)c1. The fourth-order valence-electron chi connectivity index (χ4n) is 3.56. The van der Waals surface area contributed by atoms with E-state index in [1.54, 1.807) is 14.2 Å². The zero-order chi connectivity index (χ0) is 22.0. The van der Waals surface area contributed by atoms with Crippen LogP contribution in [0.15, 0.2) is 76.1 Å². The second-order valence-electron chi connectivity index (χ2n) is 7.92. The molecule has 0 aliphatic heterocycles. The lowest BCUT2D eigenvalue weighted by atomic mass is 10.0. The highest BCUT2D eigenvalue weighted by Gasteiger charge is 2.09. The number of hydrogen-bond acceptors (Lipinski definition) is 4. The molecule has 4 rings (SSSR count). The van der Waals surface area contributed by atoms with Gasteiger partial charge in [-0.15, -0.1) is 0 Å². The van der Waals surface area contributed by atoms with Gasteiger partial charge < -0.3 is 13.9 Å². The summed E-state index contributed by atoms with van der Waals surface area (Å²) in [7, 11) is 3.27. The minimum absolute atomic E-state index is 0.485. The first-order valence-corrected chi connectivity index (χ1v) is 10.4. The van der Waals surface area contributed by atoms with E-state index in [9.17, 15) is 0 Å². The number of fused-ring (bicyclic) bond motifs is 1. The predicted molar refractivity (Wildman–Crippen MR) is 125 cm³/mol. The molecule has 1 aromatic heterocycles. The molecule has 4 nitrogen and oxygen atoms in total. The first kappa shape index (κ1) is 20.7. The van der Waals surface area contributed by atoms with Gasteiger partial charge in [0.1, 0.15) is 28.5 Å². The summed E-state index contributed by atoms with van der Waals surface area (Å²) in [6, 6.07) is 22.3. The summed E-state index contributed by atoms with van der Waals surface area (Å²) in [4.78, 5) is 4.95. The van der Waals surface area contributed by atoms with Crippen LogP contribution in [0.1, 0.15) is 30.9 Å². The number of methoxy groups -OCH3 is 2. The van der Waals surface area contributed by atoms with Crippen LogP contribution in [-0.2, 0) is 0 Å². The maximum Gasteiger partial charge on any atom is 0.148 e. The van der Waals surface area contributed by atoms with Gasteiger partial charge in [0.25, 0.3) is 0 Å². The van der Waals surface area contributed by atoms with Gasteiger partial charge in [0.05, 0.1) is 19.6 Å². The molecule has 1 heterocycles. The normalized spacial score (nSPS) is 11.9. The average Bonchev–Trinajstić information content (AvgIpc) is 2.79. The Bertz CT molecular complexity index is 1280. The number of ether oxygens (including phenoxy) is 2. The molecule has 0 spiro atoms. The Morgan fingerprint density at radius 3 is 2.29 bits per heavy atom. The number of aryl methyl sites for hydroxylation is 1. The van der Waals surface area contributed by atoms with Gasteiger partial charge in [-0.1, -0.05) is 49.7 Å². The van der Waals surface area contributed by atoms with Crippen molar-refractivity contribution in [2.24, 2.45) is 4.99 Å². The minimum atomic E-state index is 0.485. The van der Waals surface area contributed by atoms with E-state index in [-0.39, 0.29) is 0 Å². The van der Waals surface area contributed by atoms with E-state index >= 15 is 0 Å². The molecule has 158 valence electrons. The van der Waals surface area contributed by atoms with E-state index in [1.807, 2.05) is 30.3 Å². The first-order valence-electron chi connectivity index (χ1n) is 10.4. The summed E-state index contributed by atoms with van der Waals surface area (Å²) in [6.45, 7) is 6.45. The number of rotatable bonds is 5. The van der Waals surface area contributed by atoms with E-state index in [4.69, 9.17) is 18.9 Å². The molecule has 0 aliphatic carbocycles. The Balaban J connectivity index is 1.93. The van der Waals surface area contributed by atoms with Crippen LogP contribution < -0.4 is 14.8 Å². The van der Waals surface area contributed by atoms with Crippen LogP contribution in [0.25, 0.3) is 22.3 Å². The van der Waals surface area contributed by atoms with Crippen molar-refractivity contribution in [3.63, 3.8) is 0 Å². The molecule has 0 N–H and O–H groups in total. The van der Waals surface area contributed by atoms with Crippen molar-refractivity contribution in [3.05, 3.63) is 83.2 Å². The fourth-order valence-corrected chi connectivity index (χ4v) is 3.56. The van der Waals surface area contributed by atoms with E-state index in [0.717, 1.165) is 44.7 Å². The van der Waals surface area contributed by atoms with Crippen LogP contribution in [0.3, 0.4) is 0 Å². The monoisotopic (exact) mass is 413 g/mol. The second kappa shape index (κ2) is 8.68. The quantitative estimate of drug-likeness (QED) is 0.362. The standard InChI is InChI=1S/C27H27NO3/c1-17(2)19-7-9-20(10-8-19)26-16-24(22-14-18(3)6-13-25(22)31-26)28-23-12-11-21(29-4)15-27(23)30-5/h6-17H,1-5H3. The van der Waals surface area contributed by atoms with E-state index in [0.29, 0.717) is 11.7 Å². The molecule has 0 unspecified atom stereocenters. The molecule has 0 fully saturated rings. The molecule has 0 aliphatic rings. The van der Waals surface area contributed by atoms with Crippen LogP contribution >= 0.6 is 0 Å². The molecule has 0 saturated heterocycles. The molecular weight excluding hydrogens is 386 g/mol. The highest BCUT2D eigenvalue weighted by Crippen LogP contribution is 2.32. The number of benzene rings is 3. The van der Waals surface area contributed by atoms with Gasteiger partial charge in [0.2, 0.25) is 0 Å². The third-order valence-corrected chi connectivity index (χ3v) is 5.39. The molecule has 31 heavy (non-hydrogen) atoms. The van der Waals surface area contributed by atoms with Crippen molar-refractivity contribution in [2.75, 3.05) is 14.2 Å². The zero-order valence-corrected chi connectivity index (χ0v) is 18.6. The molecule has 3 aromatic carbocycles. The summed E-state index contributed by atoms with van der Waals surface area (Å²) >= 11 is 0. The lowest BCUT2D eigenvalue weighted by molar-refractivity contribution is 0.395. The first-order chi connectivity index (χ1) is 15.0. The molecule has 0 bridgehead atoms. The number of hydrogen-bond donors (Lipinski definition) is 0. The fraction of sp³-hybridized carbons (Fsp3) is 0.222. The molecule has 0 saturated carbocycles. The Morgan fingerprint density at radius 1 is 0.839 bits per heavy atom. The molecule has 0 atom stereocenters. The van der Waals surface area contributed by atoms with Gasteiger partial charge in [-0.05, 0) is 42.7 Å². The molecule has 4 heteroatoms. The van der Waals surface area contributed by atoms with Gasteiger partial charge >= 0.3 is 0 Å². The van der Waals surface area contributed by atoms with Crippen LogP contribution in [0.4, 0.5) is 5.69 Å². The summed E-state index contributed by atoms with van der Waals surface area (Å²) < 4.78 is 17.1. The highest BCUT2D eigenvalue weighted by atomic mass is 16.5. The predicted octanol–water partition coefficient (Wildman–Crippen LogP) is 6.78. The van der Waals surface area contributed by atoms with Crippen LogP contribution in [0, 0.1) is 6.92 Å².